The highest BCUT2D eigenvalue weighted by molar-refractivity contribution is 7.11. The van der Waals surface area contributed by atoms with Crippen molar-refractivity contribution < 1.29 is 4.79 Å². The molecule has 18 heavy (non-hydrogen) atoms. The Balaban J connectivity index is 1.85. The van der Waals surface area contributed by atoms with Crippen LogP contribution >= 0.6 is 22.7 Å². The average molecular weight is 272 g/mol. The SMILES string of the molecule is O=C1/C(=C\c2cccs2)CC/C1=C/c1cccs1. The van der Waals surface area contributed by atoms with Crippen molar-refractivity contribution in [1.29, 1.82) is 0 Å². The molecule has 0 spiro atoms. The summed E-state index contributed by atoms with van der Waals surface area (Å²) in [7, 11) is 0. The number of rotatable bonds is 2. The largest absolute Gasteiger partial charge is 0.289 e. The van der Waals surface area contributed by atoms with E-state index in [1.54, 1.807) is 22.7 Å². The third kappa shape index (κ3) is 2.37. The second-order valence-corrected chi connectivity index (χ2v) is 6.16. The Morgan fingerprint density at radius 2 is 1.39 bits per heavy atom. The van der Waals surface area contributed by atoms with Crippen molar-refractivity contribution in [3.63, 3.8) is 0 Å². The third-order valence-electron chi connectivity index (χ3n) is 2.97. The Morgan fingerprint density at radius 3 is 1.78 bits per heavy atom. The van der Waals surface area contributed by atoms with Crippen molar-refractivity contribution in [2.45, 2.75) is 12.8 Å². The molecule has 0 radical (unpaired) electrons. The smallest absolute Gasteiger partial charge is 0.185 e. The van der Waals surface area contributed by atoms with E-state index in [2.05, 4.69) is 0 Å². The van der Waals surface area contributed by atoms with Crippen molar-refractivity contribution >= 4 is 40.6 Å². The predicted molar refractivity (Wildman–Crippen MR) is 78.8 cm³/mol. The van der Waals surface area contributed by atoms with E-state index >= 15 is 0 Å². The molecule has 3 heteroatoms. The number of Topliss-reactive ketones (excluding diaryl/α,β-unsaturated/α-hetero) is 1. The molecule has 1 fully saturated rings. The Labute approximate surface area is 114 Å². The fourth-order valence-electron chi connectivity index (χ4n) is 2.07. The zero-order chi connectivity index (χ0) is 12.4. The fourth-order valence-corrected chi connectivity index (χ4v) is 3.43. The van der Waals surface area contributed by atoms with Crippen LogP contribution in [0.3, 0.4) is 0 Å². The molecule has 1 aliphatic carbocycles. The molecule has 0 N–H and O–H groups in total. The van der Waals surface area contributed by atoms with Crippen molar-refractivity contribution in [1.82, 2.24) is 0 Å². The van der Waals surface area contributed by atoms with Gasteiger partial charge in [-0.05, 0) is 47.9 Å². The molecule has 0 unspecified atom stereocenters. The quantitative estimate of drug-likeness (QED) is 0.728. The second kappa shape index (κ2) is 5.04. The van der Waals surface area contributed by atoms with E-state index in [9.17, 15) is 4.79 Å². The van der Waals surface area contributed by atoms with Crippen LogP contribution in [0.4, 0.5) is 0 Å². The monoisotopic (exact) mass is 272 g/mol. The van der Waals surface area contributed by atoms with Gasteiger partial charge in [-0.2, -0.15) is 0 Å². The summed E-state index contributed by atoms with van der Waals surface area (Å²) in [4.78, 5) is 14.6. The topological polar surface area (TPSA) is 17.1 Å². The average Bonchev–Trinajstić information content (AvgIpc) is 3.08. The van der Waals surface area contributed by atoms with Gasteiger partial charge in [0, 0.05) is 20.9 Å². The molecule has 90 valence electrons. The Hall–Kier alpha value is -1.45. The third-order valence-corrected chi connectivity index (χ3v) is 4.60. The van der Waals surface area contributed by atoms with Crippen LogP contribution < -0.4 is 0 Å². The summed E-state index contributed by atoms with van der Waals surface area (Å²) < 4.78 is 0. The van der Waals surface area contributed by atoms with E-state index in [4.69, 9.17) is 0 Å². The van der Waals surface area contributed by atoms with Crippen LogP contribution in [0.25, 0.3) is 12.2 Å². The van der Waals surface area contributed by atoms with Crippen molar-refractivity contribution in [3.05, 3.63) is 55.9 Å². The van der Waals surface area contributed by atoms with Crippen molar-refractivity contribution in [2.75, 3.05) is 0 Å². The highest BCUT2D eigenvalue weighted by Crippen LogP contribution is 2.30. The molecule has 1 aliphatic rings. The van der Waals surface area contributed by atoms with Gasteiger partial charge in [0.15, 0.2) is 5.78 Å². The van der Waals surface area contributed by atoms with Crippen LogP contribution in [0, 0.1) is 0 Å². The maximum Gasteiger partial charge on any atom is 0.185 e. The fraction of sp³-hybridized carbons (Fsp3) is 0.133. The molecule has 2 heterocycles. The van der Waals surface area contributed by atoms with Gasteiger partial charge in [0.1, 0.15) is 0 Å². The molecule has 0 bridgehead atoms. The molecule has 1 nitrogen and oxygen atoms in total. The van der Waals surface area contributed by atoms with Gasteiger partial charge < -0.3 is 0 Å². The molecule has 0 aliphatic heterocycles. The minimum Gasteiger partial charge on any atom is -0.289 e. The number of hydrogen-bond acceptors (Lipinski definition) is 3. The molecule has 3 rings (SSSR count). The number of hydrogen-bond donors (Lipinski definition) is 0. The van der Waals surface area contributed by atoms with Crippen molar-refractivity contribution in [2.24, 2.45) is 0 Å². The number of allylic oxidation sites excluding steroid dienone is 2. The number of ketones is 1. The molecule has 0 atom stereocenters. The molecule has 0 amide bonds. The first-order chi connectivity index (χ1) is 8.83. The zero-order valence-electron chi connectivity index (χ0n) is 9.76. The lowest BCUT2D eigenvalue weighted by Gasteiger charge is -1.93. The Bertz CT molecular complexity index is 547. The van der Waals surface area contributed by atoms with Crippen LogP contribution in [0.5, 0.6) is 0 Å². The van der Waals surface area contributed by atoms with Crippen LogP contribution in [-0.2, 0) is 4.79 Å². The van der Waals surface area contributed by atoms with Crippen LogP contribution in [0.15, 0.2) is 46.2 Å². The first kappa shape index (κ1) is 11.6. The summed E-state index contributed by atoms with van der Waals surface area (Å²) in [5.74, 6) is 0.219. The summed E-state index contributed by atoms with van der Waals surface area (Å²) in [6, 6.07) is 8.12. The maximum absolute atomic E-state index is 12.2. The highest BCUT2D eigenvalue weighted by Gasteiger charge is 2.22. The normalized spacial score (nSPS) is 20.1. The van der Waals surface area contributed by atoms with Gasteiger partial charge in [-0.3, -0.25) is 4.79 Å². The molecule has 2 aromatic rings. The predicted octanol–water partition coefficient (Wildman–Crippen LogP) is 4.64. The second-order valence-electron chi connectivity index (χ2n) is 4.20. The summed E-state index contributed by atoms with van der Waals surface area (Å²) in [6.07, 6.45) is 5.80. The van der Waals surface area contributed by atoms with Gasteiger partial charge in [0.25, 0.3) is 0 Å². The van der Waals surface area contributed by atoms with E-state index in [1.807, 2.05) is 47.2 Å². The number of thiophene rings is 2. The molecule has 1 saturated carbocycles. The minimum absolute atomic E-state index is 0.219. The minimum atomic E-state index is 0.219. The zero-order valence-corrected chi connectivity index (χ0v) is 11.4. The van der Waals surface area contributed by atoms with Crippen molar-refractivity contribution in [3.8, 4) is 0 Å². The standard InChI is InChI=1S/C15H12OS2/c16-15-11(9-13-3-1-7-17-13)5-6-12(15)10-14-4-2-8-18-14/h1-4,7-10H,5-6H2/b11-9-,12-10-. The number of carbonyl (C=O) groups excluding carboxylic acids is 1. The first-order valence-electron chi connectivity index (χ1n) is 5.86. The molecular formula is C15H12OS2. The van der Waals surface area contributed by atoms with E-state index in [-0.39, 0.29) is 5.78 Å². The van der Waals surface area contributed by atoms with Crippen LogP contribution in [-0.4, -0.2) is 5.78 Å². The van der Waals surface area contributed by atoms with Crippen LogP contribution in [0.1, 0.15) is 22.6 Å². The maximum atomic E-state index is 12.2. The lowest BCUT2D eigenvalue weighted by Crippen LogP contribution is -1.94. The van der Waals surface area contributed by atoms with Crippen LogP contribution in [0.2, 0.25) is 0 Å². The molecular weight excluding hydrogens is 260 g/mol. The van der Waals surface area contributed by atoms with Gasteiger partial charge in [-0.25, -0.2) is 0 Å². The first-order valence-corrected chi connectivity index (χ1v) is 7.62. The Kier molecular flexibility index (Phi) is 3.26. The van der Waals surface area contributed by atoms with E-state index in [1.165, 1.54) is 0 Å². The molecule has 2 aromatic heterocycles. The number of carbonyl (C=O) groups is 1. The Morgan fingerprint density at radius 1 is 0.889 bits per heavy atom. The summed E-state index contributed by atoms with van der Waals surface area (Å²) in [6.45, 7) is 0. The lowest BCUT2D eigenvalue weighted by molar-refractivity contribution is -0.111. The highest BCUT2D eigenvalue weighted by atomic mass is 32.1. The van der Waals surface area contributed by atoms with Gasteiger partial charge in [0.2, 0.25) is 0 Å². The van der Waals surface area contributed by atoms with E-state index in [0.29, 0.717) is 0 Å². The van der Waals surface area contributed by atoms with E-state index < -0.39 is 0 Å². The van der Waals surface area contributed by atoms with Gasteiger partial charge in [-0.15, -0.1) is 22.7 Å². The molecule has 0 aromatic carbocycles. The van der Waals surface area contributed by atoms with Gasteiger partial charge in [-0.1, -0.05) is 12.1 Å². The summed E-state index contributed by atoms with van der Waals surface area (Å²) >= 11 is 3.34. The summed E-state index contributed by atoms with van der Waals surface area (Å²) in [5, 5.41) is 4.07. The van der Waals surface area contributed by atoms with Gasteiger partial charge >= 0.3 is 0 Å². The van der Waals surface area contributed by atoms with E-state index in [0.717, 1.165) is 33.7 Å². The molecule has 0 saturated heterocycles. The lowest BCUT2D eigenvalue weighted by atomic mass is 10.1. The van der Waals surface area contributed by atoms with Gasteiger partial charge in [0.05, 0.1) is 0 Å². The summed E-state index contributed by atoms with van der Waals surface area (Å²) in [5.41, 5.74) is 1.89.